The molecular formula is C9H9NO2. The highest BCUT2D eigenvalue weighted by molar-refractivity contribution is 5.73. The molecule has 0 atom stereocenters. The molecular weight excluding hydrogens is 154 g/mol. The Morgan fingerprint density at radius 3 is 3.00 bits per heavy atom. The van der Waals surface area contributed by atoms with Crippen molar-refractivity contribution in [1.82, 2.24) is 0 Å². The molecule has 1 aromatic carbocycles. The zero-order valence-corrected chi connectivity index (χ0v) is 6.54. The first-order valence-electron chi connectivity index (χ1n) is 3.63. The second-order valence-corrected chi connectivity index (χ2v) is 2.51. The highest BCUT2D eigenvalue weighted by atomic mass is 16.7. The molecule has 3 nitrogen and oxygen atoms in total. The van der Waals surface area contributed by atoms with E-state index in [0.29, 0.717) is 17.2 Å². The first-order chi connectivity index (χ1) is 5.83. The van der Waals surface area contributed by atoms with Crippen LogP contribution in [0.15, 0.2) is 18.7 Å². The standard InChI is InChI=1S/C9H9NO2/c1-2-6-3-4-7-9(8(6)10)12-5-11-7/h2-4H,1,5,10H2. The van der Waals surface area contributed by atoms with Gasteiger partial charge < -0.3 is 15.2 Å². The van der Waals surface area contributed by atoms with Crippen molar-refractivity contribution in [3.63, 3.8) is 0 Å². The minimum Gasteiger partial charge on any atom is -0.454 e. The van der Waals surface area contributed by atoms with Gasteiger partial charge in [0.15, 0.2) is 11.5 Å². The summed E-state index contributed by atoms with van der Waals surface area (Å²) >= 11 is 0. The molecule has 1 aliphatic heterocycles. The maximum Gasteiger partial charge on any atom is 0.231 e. The molecule has 0 saturated heterocycles. The third-order valence-corrected chi connectivity index (χ3v) is 1.83. The van der Waals surface area contributed by atoms with Crippen LogP contribution >= 0.6 is 0 Å². The van der Waals surface area contributed by atoms with Crippen LogP contribution in [0.5, 0.6) is 11.5 Å². The summed E-state index contributed by atoms with van der Waals surface area (Å²) in [6, 6.07) is 3.69. The van der Waals surface area contributed by atoms with Gasteiger partial charge in [0.2, 0.25) is 6.79 Å². The number of benzene rings is 1. The summed E-state index contributed by atoms with van der Waals surface area (Å²) in [5.74, 6) is 1.34. The first kappa shape index (κ1) is 7.03. The van der Waals surface area contributed by atoms with E-state index < -0.39 is 0 Å². The van der Waals surface area contributed by atoms with Crippen LogP contribution in [0.4, 0.5) is 5.69 Å². The van der Waals surface area contributed by atoms with Crippen LogP contribution in [0, 0.1) is 0 Å². The quantitative estimate of drug-likeness (QED) is 0.640. The van der Waals surface area contributed by atoms with Gasteiger partial charge in [-0.3, -0.25) is 0 Å². The summed E-state index contributed by atoms with van der Waals surface area (Å²) in [5.41, 5.74) is 7.24. The van der Waals surface area contributed by atoms with Crippen molar-refractivity contribution in [1.29, 1.82) is 0 Å². The van der Waals surface area contributed by atoms with Crippen LogP contribution in [0.2, 0.25) is 0 Å². The molecule has 2 rings (SSSR count). The topological polar surface area (TPSA) is 44.5 Å². The molecule has 0 unspecified atom stereocenters. The highest BCUT2D eigenvalue weighted by Gasteiger charge is 2.17. The molecule has 62 valence electrons. The van der Waals surface area contributed by atoms with Crippen molar-refractivity contribution < 1.29 is 9.47 Å². The molecule has 0 amide bonds. The number of ether oxygens (including phenoxy) is 2. The zero-order valence-electron chi connectivity index (χ0n) is 6.54. The number of nitrogens with two attached hydrogens (primary N) is 1. The molecule has 0 fully saturated rings. The van der Waals surface area contributed by atoms with E-state index in [-0.39, 0.29) is 6.79 Å². The number of nitrogen functional groups attached to an aromatic ring is 1. The lowest BCUT2D eigenvalue weighted by molar-refractivity contribution is 0.174. The fraction of sp³-hybridized carbons (Fsp3) is 0.111. The van der Waals surface area contributed by atoms with Crippen LogP contribution in [-0.2, 0) is 0 Å². The van der Waals surface area contributed by atoms with Gasteiger partial charge in [-0.25, -0.2) is 0 Å². The molecule has 1 aromatic rings. The van der Waals surface area contributed by atoms with Gasteiger partial charge in [-0.15, -0.1) is 0 Å². The smallest absolute Gasteiger partial charge is 0.231 e. The lowest BCUT2D eigenvalue weighted by atomic mass is 10.1. The molecule has 0 aliphatic carbocycles. The van der Waals surface area contributed by atoms with Gasteiger partial charge in [0.25, 0.3) is 0 Å². The van der Waals surface area contributed by atoms with Crippen LogP contribution in [0.3, 0.4) is 0 Å². The number of rotatable bonds is 1. The van der Waals surface area contributed by atoms with Crippen LogP contribution in [-0.4, -0.2) is 6.79 Å². The monoisotopic (exact) mass is 163 g/mol. The number of hydrogen-bond donors (Lipinski definition) is 1. The Morgan fingerprint density at radius 2 is 2.25 bits per heavy atom. The van der Waals surface area contributed by atoms with Gasteiger partial charge in [0.05, 0.1) is 5.69 Å². The molecule has 0 spiro atoms. The van der Waals surface area contributed by atoms with Crippen molar-refractivity contribution in [3.05, 3.63) is 24.3 Å². The Balaban J connectivity index is 2.61. The molecule has 0 bridgehead atoms. The third kappa shape index (κ3) is 0.830. The van der Waals surface area contributed by atoms with Crippen molar-refractivity contribution in [2.75, 3.05) is 12.5 Å². The molecule has 0 aromatic heterocycles. The summed E-state index contributed by atoms with van der Waals surface area (Å²) in [5, 5.41) is 0. The van der Waals surface area contributed by atoms with Crippen molar-refractivity contribution in [3.8, 4) is 11.5 Å². The lowest BCUT2D eigenvalue weighted by Gasteiger charge is -2.03. The minimum atomic E-state index is 0.250. The largest absolute Gasteiger partial charge is 0.454 e. The van der Waals surface area contributed by atoms with Crippen LogP contribution < -0.4 is 15.2 Å². The van der Waals surface area contributed by atoms with Crippen molar-refractivity contribution >= 4 is 11.8 Å². The van der Waals surface area contributed by atoms with E-state index in [2.05, 4.69) is 6.58 Å². The van der Waals surface area contributed by atoms with E-state index in [1.54, 1.807) is 6.08 Å². The summed E-state index contributed by atoms with van der Waals surface area (Å²) in [6.07, 6.45) is 1.69. The molecule has 0 saturated carbocycles. The Labute approximate surface area is 70.4 Å². The lowest BCUT2D eigenvalue weighted by Crippen LogP contribution is -1.95. The fourth-order valence-corrected chi connectivity index (χ4v) is 1.19. The Kier molecular flexibility index (Phi) is 1.43. The van der Waals surface area contributed by atoms with E-state index in [1.165, 1.54) is 0 Å². The predicted octanol–water partition coefficient (Wildman–Crippen LogP) is 1.64. The fourth-order valence-electron chi connectivity index (χ4n) is 1.19. The van der Waals surface area contributed by atoms with Crippen LogP contribution in [0.1, 0.15) is 5.56 Å². The number of fused-ring (bicyclic) bond motifs is 1. The minimum absolute atomic E-state index is 0.250. The van der Waals surface area contributed by atoms with Crippen molar-refractivity contribution in [2.45, 2.75) is 0 Å². The second kappa shape index (κ2) is 2.44. The molecule has 0 radical (unpaired) electrons. The van der Waals surface area contributed by atoms with E-state index in [1.807, 2.05) is 12.1 Å². The third-order valence-electron chi connectivity index (χ3n) is 1.83. The average molecular weight is 163 g/mol. The Hall–Kier alpha value is -1.64. The second-order valence-electron chi connectivity index (χ2n) is 2.51. The van der Waals surface area contributed by atoms with E-state index in [0.717, 1.165) is 5.56 Å². The van der Waals surface area contributed by atoms with Gasteiger partial charge in [0.1, 0.15) is 0 Å². The number of anilines is 1. The predicted molar refractivity (Wildman–Crippen MR) is 47.1 cm³/mol. The molecule has 12 heavy (non-hydrogen) atoms. The van der Waals surface area contributed by atoms with Crippen molar-refractivity contribution in [2.24, 2.45) is 0 Å². The molecule has 2 N–H and O–H groups in total. The van der Waals surface area contributed by atoms with E-state index in [9.17, 15) is 0 Å². The van der Waals surface area contributed by atoms with Gasteiger partial charge in [-0.1, -0.05) is 12.7 Å². The molecule has 1 heterocycles. The maximum absolute atomic E-state index is 5.77. The Bertz CT molecular complexity index is 334. The molecule has 1 aliphatic rings. The summed E-state index contributed by atoms with van der Waals surface area (Å²) in [6.45, 7) is 3.89. The number of hydrogen-bond acceptors (Lipinski definition) is 3. The average Bonchev–Trinajstić information content (AvgIpc) is 2.53. The van der Waals surface area contributed by atoms with Crippen LogP contribution in [0.25, 0.3) is 6.08 Å². The van der Waals surface area contributed by atoms with Gasteiger partial charge >= 0.3 is 0 Å². The zero-order chi connectivity index (χ0) is 8.55. The Morgan fingerprint density at radius 1 is 1.42 bits per heavy atom. The van der Waals surface area contributed by atoms with Gasteiger partial charge in [-0.05, 0) is 12.1 Å². The van der Waals surface area contributed by atoms with E-state index >= 15 is 0 Å². The summed E-state index contributed by atoms with van der Waals surface area (Å²) in [7, 11) is 0. The van der Waals surface area contributed by atoms with Gasteiger partial charge in [0, 0.05) is 5.56 Å². The summed E-state index contributed by atoms with van der Waals surface area (Å²) in [4.78, 5) is 0. The van der Waals surface area contributed by atoms with Gasteiger partial charge in [-0.2, -0.15) is 0 Å². The first-order valence-corrected chi connectivity index (χ1v) is 3.63. The molecule has 3 heteroatoms. The van der Waals surface area contributed by atoms with E-state index in [4.69, 9.17) is 15.2 Å². The normalized spacial score (nSPS) is 13.0. The SMILES string of the molecule is C=Cc1ccc2c(c1N)OCO2. The highest BCUT2D eigenvalue weighted by Crippen LogP contribution is 2.39. The maximum atomic E-state index is 5.77. The summed E-state index contributed by atoms with van der Waals surface area (Å²) < 4.78 is 10.3.